The Kier molecular flexibility index (Phi) is 3.80. The normalized spacial score (nSPS) is 30.6. The number of nitrogens with one attached hydrogen (secondary N) is 1. The monoisotopic (exact) mass is 328 g/mol. The number of likely N-dealkylation sites (tertiary alicyclic amines) is 1. The van der Waals surface area contributed by atoms with Crippen LogP contribution in [-0.4, -0.2) is 41.1 Å². The van der Waals surface area contributed by atoms with E-state index in [9.17, 15) is 4.79 Å². The molecule has 1 amide bonds. The van der Waals surface area contributed by atoms with Gasteiger partial charge in [-0.2, -0.15) is 0 Å². The fourth-order valence-corrected chi connectivity index (χ4v) is 3.96. The lowest BCUT2D eigenvalue weighted by Crippen LogP contribution is -2.55. The SMILES string of the molecule is C[C@@H]1[C@@H](C)C2Nc3c(ccc(Cl)c3Cl)C2CN1C(=O)CO. The second-order valence-electron chi connectivity index (χ2n) is 5.91. The van der Waals surface area contributed by atoms with Crippen LogP contribution in [0.25, 0.3) is 0 Å². The number of benzene rings is 1. The summed E-state index contributed by atoms with van der Waals surface area (Å²) in [6.07, 6.45) is 0. The van der Waals surface area contributed by atoms with Crippen LogP contribution >= 0.6 is 23.2 Å². The van der Waals surface area contributed by atoms with Crippen LogP contribution in [0.2, 0.25) is 10.0 Å². The molecular formula is C15H18Cl2N2O2. The molecule has 21 heavy (non-hydrogen) atoms. The largest absolute Gasteiger partial charge is 0.387 e. The Bertz CT molecular complexity index is 593. The van der Waals surface area contributed by atoms with Gasteiger partial charge in [-0.25, -0.2) is 0 Å². The Balaban J connectivity index is 1.99. The van der Waals surface area contributed by atoms with Crippen LogP contribution in [0.5, 0.6) is 0 Å². The number of carbonyl (C=O) groups is 1. The second-order valence-corrected chi connectivity index (χ2v) is 6.69. The summed E-state index contributed by atoms with van der Waals surface area (Å²) in [4.78, 5) is 13.7. The topological polar surface area (TPSA) is 52.6 Å². The van der Waals surface area contributed by atoms with Gasteiger partial charge in [0.2, 0.25) is 5.91 Å². The van der Waals surface area contributed by atoms with Crippen LogP contribution in [0.4, 0.5) is 5.69 Å². The molecule has 6 heteroatoms. The van der Waals surface area contributed by atoms with E-state index in [4.69, 9.17) is 28.3 Å². The molecular weight excluding hydrogens is 311 g/mol. The second kappa shape index (κ2) is 5.34. The smallest absolute Gasteiger partial charge is 0.248 e. The molecule has 1 aromatic rings. The van der Waals surface area contributed by atoms with E-state index in [2.05, 4.69) is 12.2 Å². The van der Waals surface area contributed by atoms with Crippen LogP contribution in [0.1, 0.15) is 25.3 Å². The Hall–Kier alpha value is -0.970. The number of rotatable bonds is 1. The molecule has 0 spiro atoms. The highest BCUT2D eigenvalue weighted by atomic mass is 35.5. The molecule has 0 saturated carbocycles. The number of hydrogen-bond donors (Lipinski definition) is 2. The number of piperidine rings is 1. The molecule has 1 aromatic carbocycles. The van der Waals surface area contributed by atoms with Gasteiger partial charge in [-0.15, -0.1) is 0 Å². The van der Waals surface area contributed by atoms with E-state index in [-0.39, 0.29) is 29.8 Å². The highest BCUT2D eigenvalue weighted by molar-refractivity contribution is 6.43. The minimum absolute atomic E-state index is 0.0713. The Morgan fingerprint density at radius 1 is 1.43 bits per heavy atom. The summed E-state index contributed by atoms with van der Waals surface area (Å²) in [6.45, 7) is 4.28. The molecule has 0 aliphatic carbocycles. The minimum atomic E-state index is -0.448. The van der Waals surface area contributed by atoms with Crippen LogP contribution in [-0.2, 0) is 4.79 Å². The Labute approximate surface area is 134 Å². The molecule has 0 bridgehead atoms. The summed E-state index contributed by atoms with van der Waals surface area (Å²) in [5, 5.41) is 13.7. The van der Waals surface area contributed by atoms with E-state index in [1.807, 2.05) is 13.0 Å². The maximum atomic E-state index is 12.0. The number of aliphatic hydroxyl groups is 1. The third kappa shape index (κ3) is 2.20. The summed E-state index contributed by atoms with van der Waals surface area (Å²) in [5.74, 6) is 0.208. The number of amides is 1. The first-order valence-electron chi connectivity index (χ1n) is 7.10. The molecule has 114 valence electrons. The van der Waals surface area contributed by atoms with Crippen molar-refractivity contribution in [2.75, 3.05) is 18.5 Å². The molecule has 2 heterocycles. The first-order chi connectivity index (χ1) is 9.95. The fourth-order valence-electron chi connectivity index (χ4n) is 3.57. The number of anilines is 1. The van der Waals surface area contributed by atoms with Gasteiger partial charge in [0.1, 0.15) is 6.61 Å². The summed E-state index contributed by atoms with van der Waals surface area (Å²) >= 11 is 12.4. The van der Waals surface area contributed by atoms with Crippen LogP contribution < -0.4 is 5.32 Å². The van der Waals surface area contributed by atoms with E-state index in [1.54, 1.807) is 11.0 Å². The quantitative estimate of drug-likeness (QED) is 0.833. The molecule has 2 aliphatic rings. The predicted molar refractivity (Wildman–Crippen MR) is 84.0 cm³/mol. The van der Waals surface area contributed by atoms with Crippen molar-refractivity contribution in [3.8, 4) is 0 Å². The number of fused-ring (bicyclic) bond motifs is 3. The Morgan fingerprint density at radius 2 is 2.14 bits per heavy atom. The fraction of sp³-hybridized carbons (Fsp3) is 0.533. The van der Waals surface area contributed by atoms with Crippen molar-refractivity contribution in [3.63, 3.8) is 0 Å². The van der Waals surface area contributed by atoms with Gasteiger partial charge in [-0.05, 0) is 24.5 Å². The standard InChI is InChI=1S/C15H18Cl2N2O2/c1-7-8(2)19(12(21)6-20)5-10-9-3-4-11(16)13(17)15(9)18-14(7)10/h3-4,7-8,10,14,18,20H,5-6H2,1-2H3/t7-,8-,10?,14?/m1/s1. The Morgan fingerprint density at radius 3 is 2.81 bits per heavy atom. The molecule has 3 rings (SSSR count). The average molecular weight is 329 g/mol. The van der Waals surface area contributed by atoms with Crippen molar-refractivity contribution < 1.29 is 9.90 Å². The summed E-state index contributed by atoms with van der Waals surface area (Å²) in [6, 6.07) is 4.08. The minimum Gasteiger partial charge on any atom is -0.387 e. The number of halogens is 2. The van der Waals surface area contributed by atoms with Gasteiger partial charge in [0.15, 0.2) is 0 Å². The summed E-state index contributed by atoms with van der Waals surface area (Å²) in [5.41, 5.74) is 1.99. The van der Waals surface area contributed by atoms with Crippen molar-refractivity contribution in [1.82, 2.24) is 4.90 Å². The first-order valence-corrected chi connectivity index (χ1v) is 7.86. The highest BCUT2D eigenvalue weighted by Gasteiger charge is 2.46. The third-order valence-electron chi connectivity index (χ3n) is 4.94. The van der Waals surface area contributed by atoms with Gasteiger partial charge < -0.3 is 15.3 Å². The number of carbonyl (C=O) groups excluding carboxylic acids is 1. The highest BCUT2D eigenvalue weighted by Crippen LogP contribution is 2.48. The number of nitrogens with zero attached hydrogens (tertiary/aromatic N) is 1. The maximum Gasteiger partial charge on any atom is 0.248 e. The zero-order valence-electron chi connectivity index (χ0n) is 11.9. The average Bonchev–Trinajstić information content (AvgIpc) is 2.85. The summed E-state index contributed by atoms with van der Waals surface area (Å²) in [7, 11) is 0. The van der Waals surface area contributed by atoms with Crippen molar-refractivity contribution in [2.24, 2.45) is 5.92 Å². The van der Waals surface area contributed by atoms with Crippen molar-refractivity contribution >= 4 is 34.8 Å². The number of aliphatic hydroxyl groups excluding tert-OH is 1. The van der Waals surface area contributed by atoms with Gasteiger partial charge in [0, 0.05) is 24.5 Å². The van der Waals surface area contributed by atoms with Gasteiger partial charge in [0.25, 0.3) is 0 Å². The molecule has 4 nitrogen and oxygen atoms in total. The van der Waals surface area contributed by atoms with Crippen molar-refractivity contribution in [2.45, 2.75) is 31.8 Å². The van der Waals surface area contributed by atoms with Crippen molar-refractivity contribution in [3.05, 3.63) is 27.7 Å². The van der Waals surface area contributed by atoms with Crippen LogP contribution in [0, 0.1) is 5.92 Å². The molecule has 1 saturated heterocycles. The molecule has 2 aliphatic heterocycles. The van der Waals surface area contributed by atoms with Crippen LogP contribution in [0.3, 0.4) is 0 Å². The summed E-state index contributed by atoms with van der Waals surface area (Å²) < 4.78 is 0. The van der Waals surface area contributed by atoms with E-state index < -0.39 is 6.61 Å². The lowest BCUT2D eigenvalue weighted by Gasteiger charge is -2.44. The molecule has 0 radical (unpaired) electrons. The lowest BCUT2D eigenvalue weighted by molar-refractivity contribution is -0.139. The molecule has 2 N–H and O–H groups in total. The van der Waals surface area contributed by atoms with E-state index in [0.29, 0.717) is 16.6 Å². The van der Waals surface area contributed by atoms with E-state index >= 15 is 0 Å². The van der Waals surface area contributed by atoms with Crippen LogP contribution in [0.15, 0.2) is 12.1 Å². The molecule has 2 unspecified atom stereocenters. The molecule has 1 fully saturated rings. The van der Waals surface area contributed by atoms with Gasteiger partial charge in [0.05, 0.1) is 15.7 Å². The zero-order valence-corrected chi connectivity index (χ0v) is 13.4. The zero-order chi connectivity index (χ0) is 15.3. The van der Waals surface area contributed by atoms with E-state index in [0.717, 1.165) is 11.3 Å². The third-order valence-corrected chi connectivity index (χ3v) is 5.74. The van der Waals surface area contributed by atoms with Gasteiger partial charge in [-0.3, -0.25) is 4.79 Å². The molecule has 4 atom stereocenters. The van der Waals surface area contributed by atoms with E-state index in [1.165, 1.54) is 0 Å². The van der Waals surface area contributed by atoms with Crippen molar-refractivity contribution in [1.29, 1.82) is 0 Å². The van der Waals surface area contributed by atoms with Gasteiger partial charge >= 0.3 is 0 Å². The number of hydrogen-bond acceptors (Lipinski definition) is 3. The first kappa shape index (κ1) is 14.9. The predicted octanol–water partition coefficient (Wildman–Crippen LogP) is 2.73. The maximum absolute atomic E-state index is 12.0. The van der Waals surface area contributed by atoms with Gasteiger partial charge in [-0.1, -0.05) is 36.2 Å². The lowest BCUT2D eigenvalue weighted by atomic mass is 9.79. The molecule has 0 aromatic heterocycles.